The molecule has 6 nitrogen and oxygen atoms in total. The molecule has 1 N–H and O–H groups in total. The van der Waals surface area contributed by atoms with Crippen molar-refractivity contribution in [2.24, 2.45) is 5.92 Å². The molecule has 166 valence electrons. The monoisotopic (exact) mass is 442 g/mol. The second kappa shape index (κ2) is 9.83. The number of rotatable bonds is 6. The number of likely N-dealkylation sites (tertiary alicyclic amines) is 1. The van der Waals surface area contributed by atoms with E-state index < -0.39 is 0 Å². The molecule has 0 spiro atoms. The fraction of sp³-hybridized carbons (Fsp3) is 0.500. The van der Waals surface area contributed by atoms with E-state index in [9.17, 15) is 9.59 Å². The van der Waals surface area contributed by atoms with E-state index in [4.69, 9.17) is 9.47 Å². The lowest BCUT2D eigenvalue weighted by Crippen LogP contribution is -2.37. The van der Waals surface area contributed by atoms with Gasteiger partial charge in [-0.15, -0.1) is 11.3 Å². The quantitative estimate of drug-likeness (QED) is 0.677. The number of anilines is 1. The van der Waals surface area contributed by atoms with E-state index in [0.29, 0.717) is 10.6 Å². The van der Waals surface area contributed by atoms with Gasteiger partial charge in [0.15, 0.2) is 0 Å². The highest BCUT2D eigenvalue weighted by atomic mass is 32.1. The van der Waals surface area contributed by atoms with Gasteiger partial charge in [0.25, 0.3) is 0 Å². The average molecular weight is 443 g/mol. The number of esters is 1. The van der Waals surface area contributed by atoms with Crippen LogP contribution >= 0.6 is 11.3 Å². The van der Waals surface area contributed by atoms with Gasteiger partial charge in [-0.1, -0.05) is 12.1 Å². The van der Waals surface area contributed by atoms with Crippen LogP contribution < -0.4 is 10.1 Å². The number of hydrogen-bond acceptors (Lipinski definition) is 6. The van der Waals surface area contributed by atoms with Crippen LogP contribution in [0.5, 0.6) is 5.75 Å². The molecule has 0 bridgehead atoms. The minimum absolute atomic E-state index is 0.0183. The summed E-state index contributed by atoms with van der Waals surface area (Å²) in [7, 11) is 3.08. The van der Waals surface area contributed by atoms with Gasteiger partial charge in [0.1, 0.15) is 10.8 Å². The predicted octanol–water partition coefficient (Wildman–Crippen LogP) is 4.27. The summed E-state index contributed by atoms with van der Waals surface area (Å²) in [6.45, 7) is 2.61. The van der Waals surface area contributed by atoms with Gasteiger partial charge in [-0.25, -0.2) is 4.79 Å². The van der Waals surface area contributed by atoms with Gasteiger partial charge in [-0.3, -0.25) is 9.69 Å². The van der Waals surface area contributed by atoms with Gasteiger partial charge in [-0.2, -0.15) is 0 Å². The van der Waals surface area contributed by atoms with Crippen LogP contribution in [0.1, 0.15) is 52.0 Å². The molecule has 4 rings (SSSR count). The second-order valence-electron chi connectivity index (χ2n) is 8.30. The number of aryl methyl sites for hydroxylation is 1. The molecule has 2 heterocycles. The molecule has 1 saturated heterocycles. The molecule has 7 heteroatoms. The van der Waals surface area contributed by atoms with Crippen LogP contribution in [0.4, 0.5) is 5.00 Å². The number of methoxy groups -OCH3 is 2. The van der Waals surface area contributed by atoms with E-state index in [-0.39, 0.29) is 17.8 Å². The second-order valence-corrected chi connectivity index (χ2v) is 9.40. The molecule has 1 aliphatic heterocycles. The Morgan fingerprint density at radius 1 is 1.16 bits per heavy atom. The number of carbonyl (C=O) groups excluding carboxylic acids is 2. The smallest absolute Gasteiger partial charge is 0.341 e. The van der Waals surface area contributed by atoms with Gasteiger partial charge in [-0.05, 0) is 74.9 Å². The van der Waals surface area contributed by atoms with E-state index in [1.807, 2.05) is 12.1 Å². The Kier molecular flexibility index (Phi) is 6.92. The molecule has 0 saturated carbocycles. The van der Waals surface area contributed by atoms with Crippen LogP contribution in [-0.2, 0) is 28.9 Å². The Labute approximate surface area is 187 Å². The highest BCUT2D eigenvalue weighted by Crippen LogP contribution is 2.39. The molecule has 2 aliphatic rings. The summed E-state index contributed by atoms with van der Waals surface area (Å²) >= 11 is 1.55. The molecule has 31 heavy (non-hydrogen) atoms. The molecular formula is C24H30N2O4S. The Hall–Kier alpha value is -2.38. The Bertz CT molecular complexity index is 947. The van der Waals surface area contributed by atoms with E-state index in [1.165, 1.54) is 17.6 Å². The first-order valence-electron chi connectivity index (χ1n) is 11.0. The highest BCUT2D eigenvalue weighted by molar-refractivity contribution is 7.17. The van der Waals surface area contributed by atoms with E-state index in [2.05, 4.69) is 22.3 Å². The van der Waals surface area contributed by atoms with Gasteiger partial charge in [0, 0.05) is 17.3 Å². The molecular weight excluding hydrogens is 412 g/mol. The zero-order valence-electron chi connectivity index (χ0n) is 18.2. The standard InChI is InChI=1S/C24H30N2O4S/c1-29-18-7-5-6-16(14-18)15-26-12-10-17(11-13-26)22(27)25-23-21(24(28)30-2)19-8-3-4-9-20(19)31-23/h5-7,14,17H,3-4,8-13,15H2,1-2H3,(H,25,27). The van der Waals surface area contributed by atoms with Crippen molar-refractivity contribution in [1.29, 1.82) is 0 Å². The average Bonchev–Trinajstić information content (AvgIpc) is 3.17. The van der Waals surface area contributed by atoms with Crippen LogP contribution in [0.2, 0.25) is 0 Å². The number of benzene rings is 1. The summed E-state index contributed by atoms with van der Waals surface area (Å²) in [5.41, 5.74) is 2.87. The summed E-state index contributed by atoms with van der Waals surface area (Å²) in [6, 6.07) is 8.12. The number of ether oxygens (including phenoxy) is 2. The summed E-state index contributed by atoms with van der Waals surface area (Å²) in [5.74, 6) is 0.505. The molecule has 1 fully saturated rings. The van der Waals surface area contributed by atoms with Crippen molar-refractivity contribution >= 4 is 28.2 Å². The first-order valence-corrected chi connectivity index (χ1v) is 11.8. The van der Waals surface area contributed by atoms with Crippen LogP contribution in [0.3, 0.4) is 0 Å². The van der Waals surface area contributed by atoms with Crippen LogP contribution in [0, 0.1) is 5.92 Å². The van der Waals surface area contributed by atoms with Crippen molar-refractivity contribution < 1.29 is 19.1 Å². The molecule has 2 aromatic rings. The van der Waals surface area contributed by atoms with Crippen molar-refractivity contribution in [1.82, 2.24) is 4.90 Å². The minimum Gasteiger partial charge on any atom is -0.497 e. The van der Waals surface area contributed by atoms with Crippen molar-refractivity contribution in [2.45, 2.75) is 45.1 Å². The SMILES string of the molecule is COC(=O)c1c(NC(=O)C2CCN(Cc3cccc(OC)c3)CC2)sc2c1CCCC2. The number of amides is 1. The lowest BCUT2D eigenvalue weighted by Gasteiger charge is -2.31. The summed E-state index contributed by atoms with van der Waals surface area (Å²) in [6.07, 6.45) is 5.69. The van der Waals surface area contributed by atoms with Gasteiger partial charge >= 0.3 is 5.97 Å². The molecule has 0 atom stereocenters. The lowest BCUT2D eigenvalue weighted by molar-refractivity contribution is -0.121. The maximum Gasteiger partial charge on any atom is 0.341 e. The Morgan fingerprint density at radius 2 is 1.94 bits per heavy atom. The van der Waals surface area contributed by atoms with Gasteiger partial charge < -0.3 is 14.8 Å². The maximum atomic E-state index is 13.0. The minimum atomic E-state index is -0.345. The topological polar surface area (TPSA) is 67.9 Å². The molecule has 0 unspecified atom stereocenters. The summed E-state index contributed by atoms with van der Waals surface area (Å²) < 4.78 is 10.3. The third kappa shape index (κ3) is 4.93. The normalized spacial score (nSPS) is 17.1. The van der Waals surface area contributed by atoms with Crippen molar-refractivity contribution in [3.05, 3.63) is 45.8 Å². The van der Waals surface area contributed by atoms with Crippen LogP contribution in [0.25, 0.3) is 0 Å². The summed E-state index contributed by atoms with van der Waals surface area (Å²) in [5, 5.41) is 3.75. The Balaban J connectivity index is 1.37. The van der Waals surface area contributed by atoms with Crippen molar-refractivity contribution in [2.75, 3.05) is 32.6 Å². The number of piperidine rings is 1. The van der Waals surface area contributed by atoms with Crippen LogP contribution in [0.15, 0.2) is 24.3 Å². The van der Waals surface area contributed by atoms with E-state index in [1.54, 1.807) is 18.4 Å². The van der Waals surface area contributed by atoms with Crippen molar-refractivity contribution in [3.8, 4) is 5.75 Å². The fourth-order valence-electron chi connectivity index (χ4n) is 4.57. The maximum absolute atomic E-state index is 13.0. The van der Waals surface area contributed by atoms with Gasteiger partial charge in [0.05, 0.1) is 19.8 Å². The molecule has 1 aromatic heterocycles. The molecule has 1 aliphatic carbocycles. The Morgan fingerprint density at radius 3 is 2.68 bits per heavy atom. The fourth-order valence-corrected chi connectivity index (χ4v) is 5.85. The number of nitrogens with one attached hydrogen (secondary N) is 1. The predicted molar refractivity (Wildman–Crippen MR) is 122 cm³/mol. The molecule has 0 radical (unpaired) electrons. The number of hydrogen-bond donors (Lipinski definition) is 1. The third-order valence-corrected chi connectivity index (χ3v) is 7.50. The zero-order chi connectivity index (χ0) is 21.8. The highest BCUT2D eigenvalue weighted by Gasteiger charge is 2.30. The summed E-state index contributed by atoms with van der Waals surface area (Å²) in [4.78, 5) is 29.0. The lowest BCUT2D eigenvalue weighted by atomic mass is 9.94. The van der Waals surface area contributed by atoms with E-state index in [0.717, 1.165) is 69.5 Å². The molecule has 1 aromatic carbocycles. The zero-order valence-corrected chi connectivity index (χ0v) is 19.1. The molecule has 1 amide bonds. The number of nitrogens with zero attached hydrogens (tertiary/aromatic N) is 1. The largest absolute Gasteiger partial charge is 0.497 e. The van der Waals surface area contributed by atoms with Gasteiger partial charge in [0.2, 0.25) is 5.91 Å². The number of carbonyl (C=O) groups is 2. The first-order chi connectivity index (χ1) is 15.1. The first kappa shape index (κ1) is 21.8. The van der Waals surface area contributed by atoms with Crippen LogP contribution in [-0.4, -0.2) is 44.1 Å². The third-order valence-electron chi connectivity index (χ3n) is 6.30. The van der Waals surface area contributed by atoms with E-state index >= 15 is 0 Å². The van der Waals surface area contributed by atoms with Crippen molar-refractivity contribution in [3.63, 3.8) is 0 Å². The number of fused-ring (bicyclic) bond motifs is 1. The number of thiophene rings is 1.